The van der Waals surface area contributed by atoms with E-state index in [1.807, 2.05) is 13.8 Å². The second-order valence-electron chi connectivity index (χ2n) is 9.68. The van der Waals surface area contributed by atoms with Crippen LogP contribution in [0.3, 0.4) is 0 Å². The highest BCUT2D eigenvalue weighted by Gasteiger charge is 2.48. The molecule has 0 radical (unpaired) electrons. The van der Waals surface area contributed by atoms with Crippen LogP contribution in [0.2, 0.25) is 0 Å². The standard InChI is InChI=1S/C22H31F4N3O2/c1-13(2)20-21(31)28(18-8-5-15(10-27)9-17(18)23)12-19(30)29(20)11-14-3-6-16(7-4-14)22(24,25)26/h13-18,20H,3-9,11-12H2,1-2H3/t14?,15?,16?,17?,18?,20-/m0/s1. The van der Waals surface area contributed by atoms with Crippen LogP contribution in [-0.2, 0) is 9.59 Å². The number of piperazine rings is 1. The molecule has 4 atom stereocenters. The summed E-state index contributed by atoms with van der Waals surface area (Å²) >= 11 is 0. The van der Waals surface area contributed by atoms with E-state index in [-0.39, 0.29) is 61.9 Å². The van der Waals surface area contributed by atoms with Crippen LogP contribution in [0.1, 0.15) is 58.8 Å². The van der Waals surface area contributed by atoms with E-state index in [0.29, 0.717) is 25.7 Å². The Balaban J connectivity index is 1.68. The molecule has 1 aliphatic heterocycles. The van der Waals surface area contributed by atoms with Crippen molar-refractivity contribution < 1.29 is 27.2 Å². The summed E-state index contributed by atoms with van der Waals surface area (Å²) in [6.45, 7) is 3.72. The van der Waals surface area contributed by atoms with Gasteiger partial charge in [-0.3, -0.25) is 9.59 Å². The zero-order chi connectivity index (χ0) is 22.9. The first-order valence-electron chi connectivity index (χ1n) is 11.2. The van der Waals surface area contributed by atoms with Crippen LogP contribution in [0.4, 0.5) is 17.6 Å². The van der Waals surface area contributed by atoms with Crippen LogP contribution in [0.25, 0.3) is 0 Å². The summed E-state index contributed by atoms with van der Waals surface area (Å²) in [7, 11) is 0. The van der Waals surface area contributed by atoms with Gasteiger partial charge in [0.15, 0.2) is 0 Å². The Morgan fingerprint density at radius 1 is 1.10 bits per heavy atom. The monoisotopic (exact) mass is 445 g/mol. The van der Waals surface area contributed by atoms with Gasteiger partial charge in [-0.25, -0.2) is 4.39 Å². The van der Waals surface area contributed by atoms with Crippen molar-refractivity contribution in [3.05, 3.63) is 0 Å². The van der Waals surface area contributed by atoms with Crippen molar-refractivity contribution in [2.45, 2.75) is 83.2 Å². The molecule has 0 aromatic carbocycles. The molecule has 1 heterocycles. The van der Waals surface area contributed by atoms with Gasteiger partial charge in [0.25, 0.3) is 0 Å². The van der Waals surface area contributed by atoms with E-state index < -0.39 is 30.3 Å². The van der Waals surface area contributed by atoms with Gasteiger partial charge in [0, 0.05) is 12.5 Å². The van der Waals surface area contributed by atoms with Crippen molar-refractivity contribution in [3.63, 3.8) is 0 Å². The Morgan fingerprint density at radius 2 is 1.74 bits per heavy atom. The fraction of sp³-hybridized carbons (Fsp3) is 0.864. The number of hydrogen-bond acceptors (Lipinski definition) is 3. The Bertz CT molecular complexity index is 713. The lowest BCUT2D eigenvalue weighted by molar-refractivity contribution is -0.185. The lowest BCUT2D eigenvalue weighted by Crippen LogP contribution is -2.66. The summed E-state index contributed by atoms with van der Waals surface area (Å²) in [5.41, 5.74) is 0. The molecule has 1 saturated heterocycles. The van der Waals surface area contributed by atoms with Crippen molar-refractivity contribution in [2.75, 3.05) is 13.1 Å². The summed E-state index contributed by atoms with van der Waals surface area (Å²) in [5, 5.41) is 9.05. The van der Waals surface area contributed by atoms with Gasteiger partial charge >= 0.3 is 6.18 Å². The van der Waals surface area contributed by atoms with Crippen molar-refractivity contribution >= 4 is 11.8 Å². The molecule has 3 fully saturated rings. The molecule has 0 spiro atoms. The quantitative estimate of drug-likeness (QED) is 0.613. The molecule has 2 amide bonds. The van der Waals surface area contributed by atoms with Gasteiger partial charge in [-0.2, -0.15) is 18.4 Å². The topological polar surface area (TPSA) is 64.4 Å². The number of halogens is 4. The van der Waals surface area contributed by atoms with Crippen molar-refractivity contribution in [1.29, 1.82) is 5.26 Å². The van der Waals surface area contributed by atoms with Crippen LogP contribution < -0.4 is 0 Å². The second-order valence-corrected chi connectivity index (χ2v) is 9.68. The van der Waals surface area contributed by atoms with Gasteiger partial charge < -0.3 is 9.80 Å². The van der Waals surface area contributed by atoms with Gasteiger partial charge in [-0.05, 0) is 56.8 Å². The third-order valence-corrected chi connectivity index (χ3v) is 7.21. The number of alkyl halides is 4. The van der Waals surface area contributed by atoms with Gasteiger partial charge in [0.2, 0.25) is 11.8 Å². The highest BCUT2D eigenvalue weighted by Crippen LogP contribution is 2.40. The van der Waals surface area contributed by atoms with E-state index >= 15 is 0 Å². The molecule has 3 aliphatic rings. The van der Waals surface area contributed by atoms with E-state index in [9.17, 15) is 27.2 Å². The molecule has 31 heavy (non-hydrogen) atoms. The summed E-state index contributed by atoms with van der Waals surface area (Å²) in [6, 6.07) is 0.645. The number of nitriles is 1. The minimum atomic E-state index is -4.18. The molecule has 3 rings (SSSR count). The maximum absolute atomic E-state index is 14.7. The Hall–Kier alpha value is -1.85. The minimum Gasteiger partial charge on any atom is -0.329 e. The number of hydrogen-bond donors (Lipinski definition) is 0. The lowest BCUT2D eigenvalue weighted by atomic mass is 9.80. The van der Waals surface area contributed by atoms with Crippen LogP contribution in [0.5, 0.6) is 0 Å². The molecule has 3 unspecified atom stereocenters. The van der Waals surface area contributed by atoms with Crippen molar-refractivity contribution in [2.24, 2.45) is 23.7 Å². The van der Waals surface area contributed by atoms with E-state index in [4.69, 9.17) is 5.26 Å². The largest absolute Gasteiger partial charge is 0.391 e. The predicted octanol–water partition coefficient (Wildman–Crippen LogP) is 4.08. The van der Waals surface area contributed by atoms with Crippen LogP contribution in [0.15, 0.2) is 0 Å². The summed E-state index contributed by atoms with van der Waals surface area (Å²) in [5.74, 6) is -2.48. The SMILES string of the molecule is CC(C)[C@H]1C(=O)N(C2CCC(C#N)CC2F)CC(=O)N1CC1CCC(C(F)(F)F)CC1. The summed E-state index contributed by atoms with van der Waals surface area (Å²) in [4.78, 5) is 29.2. The fourth-order valence-corrected chi connectivity index (χ4v) is 5.43. The average molecular weight is 446 g/mol. The summed E-state index contributed by atoms with van der Waals surface area (Å²) in [6.07, 6.45) is -3.76. The first-order chi connectivity index (χ1) is 14.5. The molecular weight excluding hydrogens is 414 g/mol. The molecular formula is C22H31F4N3O2. The molecule has 0 aromatic heterocycles. The van der Waals surface area contributed by atoms with Crippen LogP contribution >= 0.6 is 0 Å². The Kier molecular flexibility index (Phi) is 7.17. The number of carbonyl (C=O) groups is 2. The highest BCUT2D eigenvalue weighted by molar-refractivity contribution is 5.95. The second kappa shape index (κ2) is 9.33. The maximum Gasteiger partial charge on any atom is 0.391 e. The van der Waals surface area contributed by atoms with E-state index in [0.717, 1.165) is 0 Å². The lowest BCUT2D eigenvalue weighted by Gasteiger charge is -2.47. The summed E-state index contributed by atoms with van der Waals surface area (Å²) < 4.78 is 53.6. The molecule has 0 bridgehead atoms. The van der Waals surface area contributed by atoms with Gasteiger partial charge in [0.1, 0.15) is 18.8 Å². The first-order valence-corrected chi connectivity index (χ1v) is 11.2. The first kappa shape index (κ1) is 23.8. The molecule has 9 heteroatoms. The minimum absolute atomic E-state index is 0.0499. The van der Waals surface area contributed by atoms with E-state index in [2.05, 4.69) is 6.07 Å². The van der Waals surface area contributed by atoms with Crippen LogP contribution in [-0.4, -0.2) is 59.1 Å². The third-order valence-electron chi connectivity index (χ3n) is 7.21. The zero-order valence-electron chi connectivity index (χ0n) is 18.1. The Labute approximate surface area is 180 Å². The molecule has 174 valence electrons. The predicted molar refractivity (Wildman–Crippen MR) is 105 cm³/mol. The Morgan fingerprint density at radius 3 is 2.26 bits per heavy atom. The molecule has 2 aliphatic carbocycles. The van der Waals surface area contributed by atoms with E-state index in [1.54, 1.807) is 0 Å². The fourth-order valence-electron chi connectivity index (χ4n) is 5.43. The van der Waals surface area contributed by atoms with Gasteiger partial charge in [0.05, 0.1) is 18.0 Å². The average Bonchev–Trinajstić information content (AvgIpc) is 2.70. The van der Waals surface area contributed by atoms with Crippen LogP contribution in [0, 0.1) is 35.0 Å². The number of nitrogens with zero attached hydrogens (tertiary/aromatic N) is 3. The number of carbonyl (C=O) groups excluding carboxylic acids is 2. The molecule has 0 N–H and O–H groups in total. The third kappa shape index (κ3) is 5.15. The van der Waals surface area contributed by atoms with Gasteiger partial charge in [-0.1, -0.05) is 13.8 Å². The zero-order valence-corrected chi connectivity index (χ0v) is 18.1. The normalized spacial score (nSPS) is 35.4. The number of amides is 2. The maximum atomic E-state index is 14.7. The molecule has 2 saturated carbocycles. The molecule has 0 aromatic rings. The molecule has 5 nitrogen and oxygen atoms in total. The van der Waals surface area contributed by atoms with Crippen molar-refractivity contribution in [1.82, 2.24) is 9.80 Å². The highest BCUT2D eigenvalue weighted by atomic mass is 19.4. The van der Waals surface area contributed by atoms with Crippen molar-refractivity contribution in [3.8, 4) is 6.07 Å². The smallest absolute Gasteiger partial charge is 0.329 e. The number of rotatable bonds is 4. The van der Waals surface area contributed by atoms with E-state index in [1.165, 1.54) is 9.80 Å². The van der Waals surface area contributed by atoms with Gasteiger partial charge in [-0.15, -0.1) is 0 Å².